The molecule has 1 fully saturated rings. The number of hydrogen-bond acceptors (Lipinski definition) is 3. The molecule has 0 N–H and O–H groups in total. The van der Waals surface area contributed by atoms with Gasteiger partial charge < -0.3 is 4.90 Å². The molecule has 1 saturated heterocycles. The molecule has 0 aromatic heterocycles. The summed E-state index contributed by atoms with van der Waals surface area (Å²) in [5, 5.41) is 0. The highest BCUT2D eigenvalue weighted by molar-refractivity contribution is 5.98. The summed E-state index contributed by atoms with van der Waals surface area (Å²) < 4.78 is 37.9. The molecule has 0 amide bonds. The number of nitrogens with zero attached hydrogens (tertiary/aromatic N) is 2. The van der Waals surface area contributed by atoms with Crippen LogP contribution in [0.4, 0.5) is 13.2 Å². The molecule has 1 aliphatic heterocycles. The third kappa shape index (κ3) is 4.51. The van der Waals surface area contributed by atoms with Crippen molar-refractivity contribution in [3.63, 3.8) is 0 Å². The molecule has 0 saturated carbocycles. The topological polar surface area (TPSA) is 23.6 Å². The molecule has 0 aliphatic carbocycles. The highest BCUT2D eigenvalue weighted by atomic mass is 19.4. The van der Waals surface area contributed by atoms with Crippen LogP contribution in [0.1, 0.15) is 15.9 Å². The molecule has 2 aromatic rings. The van der Waals surface area contributed by atoms with Gasteiger partial charge in [0.05, 0.1) is 12.1 Å². The van der Waals surface area contributed by atoms with E-state index in [-0.39, 0.29) is 5.78 Å². The number of Topliss-reactive ketones (excluding diaryl/α,β-unsaturated/α-hetero) is 1. The molecule has 1 heterocycles. The van der Waals surface area contributed by atoms with Crippen LogP contribution in [0.15, 0.2) is 48.5 Å². The van der Waals surface area contributed by atoms with Gasteiger partial charge >= 0.3 is 6.18 Å². The van der Waals surface area contributed by atoms with E-state index in [0.717, 1.165) is 43.9 Å². The van der Waals surface area contributed by atoms with Crippen molar-refractivity contribution in [3.05, 3.63) is 59.7 Å². The van der Waals surface area contributed by atoms with Crippen molar-refractivity contribution in [2.24, 2.45) is 0 Å². The number of ketones is 1. The molecule has 0 atom stereocenters. The van der Waals surface area contributed by atoms with Crippen LogP contribution in [-0.4, -0.2) is 55.4 Å². The summed E-state index contributed by atoms with van der Waals surface area (Å²) in [5.74, 6) is 0.0634. The molecule has 2 aromatic carbocycles. The van der Waals surface area contributed by atoms with Gasteiger partial charge in [0, 0.05) is 31.7 Å². The molecule has 1 aliphatic rings. The maximum absolute atomic E-state index is 12.6. The van der Waals surface area contributed by atoms with Crippen LogP contribution in [0.2, 0.25) is 0 Å². The number of piperazine rings is 1. The number of rotatable bonds is 4. The van der Waals surface area contributed by atoms with Crippen LogP contribution >= 0.6 is 0 Å². The van der Waals surface area contributed by atoms with Gasteiger partial charge in [-0.3, -0.25) is 9.69 Å². The van der Waals surface area contributed by atoms with E-state index >= 15 is 0 Å². The van der Waals surface area contributed by atoms with Crippen LogP contribution in [0, 0.1) is 0 Å². The van der Waals surface area contributed by atoms with Gasteiger partial charge in [-0.15, -0.1) is 0 Å². The third-order valence-corrected chi connectivity index (χ3v) is 4.72. The maximum Gasteiger partial charge on any atom is 0.416 e. The molecule has 3 rings (SSSR count). The molecule has 26 heavy (non-hydrogen) atoms. The molecule has 138 valence electrons. The molecular weight excluding hydrogens is 341 g/mol. The van der Waals surface area contributed by atoms with E-state index in [0.29, 0.717) is 17.7 Å². The molecule has 0 bridgehead atoms. The van der Waals surface area contributed by atoms with Gasteiger partial charge in [0.25, 0.3) is 0 Å². The number of carbonyl (C=O) groups is 1. The highest BCUT2D eigenvalue weighted by Gasteiger charge is 2.29. The first-order valence-electron chi connectivity index (χ1n) is 8.55. The quantitative estimate of drug-likeness (QED) is 0.773. The van der Waals surface area contributed by atoms with Gasteiger partial charge in [-0.1, -0.05) is 36.4 Å². The van der Waals surface area contributed by atoms with E-state index in [1.54, 1.807) is 24.3 Å². The number of carbonyl (C=O) groups excluding carboxylic acids is 1. The van der Waals surface area contributed by atoms with Gasteiger partial charge in [0.1, 0.15) is 0 Å². The van der Waals surface area contributed by atoms with Gasteiger partial charge in [0.2, 0.25) is 0 Å². The Labute approximate surface area is 151 Å². The average Bonchev–Trinajstić information content (AvgIpc) is 2.63. The van der Waals surface area contributed by atoms with Gasteiger partial charge in [-0.25, -0.2) is 0 Å². The lowest BCUT2D eigenvalue weighted by Crippen LogP contribution is -2.46. The third-order valence-electron chi connectivity index (χ3n) is 4.72. The van der Waals surface area contributed by atoms with E-state index < -0.39 is 11.7 Å². The van der Waals surface area contributed by atoms with Crippen LogP contribution in [0.25, 0.3) is 11.1 Å². The van der Waals surface area contributed by atoms with Crippen molar-refractivity contribution in [1.82, 2.24) is 9.80 Å². The van der Waals surface area contributed by atoms with Gasteiger partial charge in [-0.05, 0) is 30.3 Å². The second-order valence-electron chi connectivity index (χ2n) is 6.66. The van der Waals surface area contributed by atoms with E-state index in [4.69, 9.17) is 0 Å². The number of halogens is 3. The molecule has 6 heteroatoms. The Bertz CT molecular complexity index is 746. The molecular formula is C20H21F3N2O. The summed E-state index contributed by atoms with van der Waals surface area (Å²) in [6.07, 6.45) is -4.34. The van der Waals surface area contributed by atoms with Gasteiger partial charge in [0.15, 0.2) is 5.78 Å². The molecule has 3 nitrogen and oxygen atoms in total. The lowest BCUT2D eigenvalue weighted by Gasteiger charge is -2.31. The average molecular weight is 362 g/mol. The molecule has 0 unspecified atom stereocenters. The zero-order valence-corrected chi connectivity index (χ0v) is 14.6. The Hall–Kier alpha value is -2.18. The number of alkyl halides is 3. The van der Waals surface area contributed by atoms with Crippen molar-refractivity contribution in [2.75, 3.05) is 39.8 Å². The van der Waals surface area contributed by atoms with E-state index in [9.17, 15) is 18.0 Å². The van der Waals surface area contributed by atoms with Crippen molar-refractivity contribution in [2.45, 2.75) is 6.18 Å². The Morgan fingerprint density at radius 2 is 1.38 bits per heavy atom. The van der Waals surface area contributed by atoms with Crippen LogP contribution in [0.3, 0.4) is 0 Å². The number of likely N-dealkylation sites (N-methyl/N-ethyl adjacent to an activating group) is 1. The first-order chi connectivity index (χ1) is 12.3. The fourth-order valence-electron chi connectivity index (χ4n) is 3.00. The summed E-state index contributed by atoms with van der Waals surface area (Å²) in [4.78, 5) is 16.8. The SMILES string of the molecule is CN1CCN(CC(=O)c2ccc(-c3ccc(C(F)(F)F)cc3)cc2)CC1. The zero-order valence-electron chi connectivity index (χ0n) is 14.6. The number of benzene rings is 2. The Balaban J connectivity index is 1.65. The fourth-order valence-corrected chi connectivity index (χ4v) is 3.00. The summed E-state index contributed by atoms with van der Waals surface area (Å²) >= 11 is 0. The first kappa shape index (κ1) is 18.6. The predicted molar refractivity (Wildman–Crippen MR) is 95.1 cm³/mol. The lowest BCUT2D eigenvalue weighted by molar-refractivity contribution is -0.137. The minimum Gasteiger partial charge on any atom is -0.304 e. The second-order valence-corrected chi connectivity index (χ2v) is 6.66. The first-order valence-corrected chi connectivity index (χ1v) is 8.55. The molecule has 0 radical (unpaired) electrons. The molecule has 0 spiro atoms. The van der Waals surface area contributed by atoms with Crippen molar-refractivity contribution < 1.29 is 18.0 Å². The number of hydrogen-bond donors (Lipinski definition) is 0. The minimum absolute atomic E-state index is 0.0634. The van der Waals surface area contributed by atoms with E-state index in [1.807, 2.05) is 0 Å². The maximum atomic E-state index is 12.6. The largest absolute Gasteiger partial charge is 0.416 e. The summed E-state index contributed by atoms with van der Waals surface area (Å²) in [6.45, 7) is 4.07. The van der Waals surface area contributed by atoms with E-state index in [2.05, 4.69) is 16.8 Å². The summed E-state index contributed by atoms with van der Waals surface area (Å²) in [6, 6.07) is 12.1. The Morgan fingerprint density at radius 1 is 0.885 bits per heavy atom. The van der Waals surface area contributed by atoms with Crippen molar-refractivity contribution in [1.29, 1.82) is 0 Å². The smallest absolute Gasteiger partial charge is 0.304 e. The van der Waals surface area contributed by atoms with Crippen LogP contribution in [0.5, 0.6) is 0 Å². The predicted octanol–water partition coefficient (Wildman–Crippen LogP) is 3.80. The fraction of sp³-hybridized carbons (Fsp3) is 0.350. The Morgan fingerprint density at radius 3 is 1.88 bits per heavy atom. The Kier molecular flexibility index (Phi) is 5.44. The minimum atomic E-state index is -4.34. The highest BCUT2D eigenvalue weighted by Crippen LogP contribution is 2.31. The van der Waals surface area contributed by atoms with Crippen molar-refractivity contribution >= 4 is 5.78 Å². The van der Waals surface area contributed by atoms with Gasteiger partial charge in [-0.2, -0.15) is 13.2 Å². The summed E-state index contributed by atoms with van der Waals surface area (Å²) in [7, 11) is 2.07. The second kappa shape index (κ2) is 7.60. The lowest BCUT2D eigenvalue weighted by atomic mass is 10.0. The van der Waals surface area contributed by atoms with Crippen LogP contribution < -0.4 is 0 Å². The zero-order chi connectivity index (χ0) is 18.7. The monoisotopic (exact) mass is 362 g/mol. The van der Waals surface area contributed by atoms with Crippen LogP contribution in [-0.2, 0) is 6.18 Å². The van der Waals surface area contributed by atoms with Crippen molar-refractivity contribution in [3.8, 4) is 11.1 Å². The standard InChI is InChI=1S/C20H21F3N2O/c1-24-10-12-25(13-11-24)14-19(26)17-4-2-15(3-5-17)16-6-8-18(9-7-16)20(21,22)23/h2-9H,10-14H2,1H3. The van der Waals surface area contributed by atoms with E-state index in [1.165, 1.54) is 12.1 Å². The normalized spacial score (nSPS) is 16.6. The summed E-state index contributed by atoms with van der Waals surface area (Å²) in [5.41, 5.74) is 1.44.